The van der Waals surface area contributed by atoms with Crippen LogP contribution in [0.3, 0.4) is 0 Å². The molecule has 0 bridgehead atoms. The number of rotatable bonds is 2. The SMILES string of the molecule is CO[Si](C)OC(=O)C(F)(F)F. The summed E-state index contributed by atoms with van der Waals surface area (Å²) < 4.78 is 42.6. The lowest BCUT2D eigenvalue weighted by molar-refractivity contribution is -0.191. The molecule has 0 saturated heterocycles. The average molecular weight is 187 g/mol. The second-order valence-electron chi connectivity index (χ2n) is 1.58. The smallest absolute Gasteiger partial charge is 0.485 e. The minimum absolute atomic E-state index is 1.18. The lowest BCUT2D eigenvalue weighted by Crippen LogP contribution is -2.31. The van der Waals surface area contributed by atoms with Crippen LogP contribution in [-0.2, 0) is 13.6 Å². The van der Waals surface area contributed by atoms with Gasteiger partial charge in [-0.05, 0) is 6.55 Å². The fraction of sp³-hybridized carbons (Fsp3) is 0.750. The molecule has 1 radical (unpaired) electrons. The Morgan fingerprint density at radius 1 is 1.45 bits per heavy atom. The van der Waals surface area contributed by atoms with Crippen LogP contribution in [0.5, 0.6) is 0 Å². The van der Waals surface area contributed by atoms with Gasteiger partial charge in [-0.15, -0.1) is 0 Å². The molecule has 0 aliphatic heterocycles. The quantitative estimate of drug-likeness (QED) is 0.601. The second kappa shape index (κ2) is 3.72. The first-order valence-corrected chi connectivity index (χ1v) is 4.36. The first kappa shape index (κ1) is 10.4. The Hall–Kier alpha value is -0.563. The van der Waals surface area contributed by atoms with Crippen molar-refractivity contribution in [3.8, 4) is 0 Å². The topological polar surface area (TPSA) is 35.5 Å². The number of halogens is 3. The van der Waals surface area contributed by atoms with Crippen LogP contribution in [0.1, 0.15) is 0 Å². The van der Waals surface area contributed by atoms with Crippen molar-refractivity contribution in [2.24, 2.45) is 0 Å². The molecule has 65 valence electrons. The van der Waals surface area contributed by atoms with E-state index in [1.165, 1.54) is 13.7 Å². The van der Waals surface area contributed by atoms with Crippen molar-refractivity contribution >= 4 is 15.3 Å². The van der Waals surface area contributed by atoms with Crippen molar-refractivity contribution < 1.29 is 26.8 Å². The van der Waals surface area contributed by atoms with Gasteiger partial charge >= 0.3 is 21.4 Å². The zero-order chi connectivity index (χ0) is 9.07. The molecule has 7 heteroatoms. The molecule has 0 saturated carbocycles. The molecule has 0 aliphatic rings. The fourth-order valence-corrected chi connectivity index (χ4v) is 0.690. The van der Waals surface area contributed by atoms with E-state index in [9.17, 15) is 18.0 Å². The number of hydrogen-bond acceptors (Lipinski definition) is 3. The van der Waals surface area contributed by atoms with Gasteiger partial charge < -0.3 is 8.85 Å². The van der Waals surface area contributed by atoms with Crippen molar-refractivity contribution in [3.63, 3.8) is 0 Å². The maximum Gasteiger partial charge on any atom is 0.489 e. The van der Waals surface area contributed by atoms with Gasteiger partial charge in [-0.2, -0.15) is 13.2 Å². The van der Waals surface area contributed by atoms with E-state index < -0.39 is 21.4 Å². The van der Waals surface area contributed by atoms with Gasteiger partial charge in [-0.25, -0.2) is 4.79 Å². The van der Waals surface area contributed by atoms with Gasteiger partial charge in [0.15, 0.2) is 0 Å². The molecule has 0 aromatic heterocycles. The van der Waals surface area contributed by atoms with Gasteiger partial charge in [-0.1, -0.05) is 0 Å². The number of hydrogen-bond donors (Lipinski definition) is 0. The summed E-state index contributed by atoms with van der Waals surface area (Å²) in [4.78, 5) is 10.0. The van der Waals surface area contributed by atoms with Gasteiger partial charge in [0.05, 0.1) is 0 Å². The Labute approximate surface area is 62.9 Å². The summed E-state index contributed by atoms with van der Waals surface area (Å²) in [5, 5.41) is 0. The van der Waals surface area contributed by atoms with Crippen molar-refractivity contribution in [1.82, 2.24) is 0 Å². The van der Waals surface area contributed by atoms with Crippen LogP contribution in [0, 0.1) is 0 Å². The summed E-state index contributed by atoms with van der Waals surface area (Å²) in [6, 6.07) is 0. The van der Waals surface area contributed by atoms with Crippen LogP contribution in [0.25, 0.3) is 0 Å². The summed E-state index contributed by atoms with van der Waals surface area (Å²) in [6.07, 6.45) is -4.93. The molecule has 0 fully saturated rings. The lowest BCUT2D eigenvalue weighted by atomic mass is 10.7. The molecular weight excluding hydrogens is 181 g/mol. The first-order chi connectivity index (χ1) is 4.88. The van der Waals surface area contributed by atoms with Gasteiger partial charge in [-0.3, -0.25) is 0 Å². The molecule has 0 spiro atoms. The van der Waals surface area contributed by atoms with Crippen molar-refractivity contribution in [2.75, 3.05) is 7.11 Å². The maximum atomic E-state index is 11.4. The highest BCUT2D eigenvalue weighted by Crippen LogP contribution is 2.16. The molecule has 0 aliphatic carbocycles. The van der Waals surface area contributed by atoms with Crippen molar-refractivity contribution in [1.29, 1.82) is 0 Å². The maximum absolute atomic E-state index is 11.4. The summed E-state index contributed by atoms with van der Waals surface area (Å²) >= 11 is 0. The Balaban J connectivity index is 3.88. The van der Waals surface area contributed by atoms with Gasteiger partial charge in [0.25, 0.3) is 0 Å². The number of carbonyl (C=O) groups excluding carboxylic acids is 1. The standard InChI is InChI=1S/C4H6F3O3Si/c1-9-11(2)10-3(8)4(5,6)7/h1-2H3. The predicted molar refractivity (Wildman–Crippen MR) is 30.8 cm³/mol. The van der Waals surface area contributed by atoms with E-state index in [2.05, 4.69) is 8.85 Å². The summed E-state index contributed by atoms with van der Waals surface area (Å²) in [5.74, 6) is -2.20. The Kier molecular flexibility index (Phi) is 3.53. The van der Waals surface area contributed by atoms with E-state index in [1.807, 2.05) is 0 Å². The summed E-state index contributed by atoms with van der Waals surface area (Å²) in [7, 11) is -0.902. The Morgan fingerprint density at radius 3 is 2.18 bits per heavy atom. The Morgan fingerprint density at radius 2 is 1.91 bits per heavy atom. The van der Waals surface area contributed by atoms with Crippen LogP contribution in [0.15, 0.2) is 0 Å². The highest BCUT2D eigenvalue weighted by molar-refractivity contribution is 6.45. The third kappa shape index (κ3) is 3.99. The minimum Gasteiger partial charge on any atom is -0.485 e. The van der Waals surface area contributed by atoms with Crippen molar-refractivity contribution in [3.05, 3.63) is 0 Å². The second-order valence-corrected chi connectivity index (χ2v) is 3.18. The normalized spacial score (nSPS) is 11.8. The highest BCUT2D eigenvalue weighted by Gasteiger charge is 2.42. The van der Waals surface area contributed by atoms with E-state index in [-0.39, 0.29) is 0 Å². The molecule has 0 N–H and O–H groups in total. The molecule has 0 atom stereocenters. The summed E-state index contributed by atoms with van der Waals surface area (Å²) in [5.41, 5.74) is 0. The highest BCUT2D eigenvalue weighted by atomic mass is 28.3. The molecule has 0 aromatic rings. The largest absolute Gasteiger partial charge is 0.489 e. The Bertz CT molecular complexity index is 146. The molecule has 0 rings (SSSR count). The molecular formula is C4H6F3O3Si. The molecule has 0 unspecified atom stereocenters. The van der Waals surface area contributed by atoms with Crippen LogP contribution in [-0.4, -0.2) is 28.5 Å². The minimum atomic E-state index is -4.93. The van der Waals surface area contributed by atoms with Gasteiger partial charge in [0.2, 0.25) is 0 Å². The van der Waals surface area contributed by atoms with Gasteiger partial charge in [0.1, 0.15) is 0 Å². The monoisotopic (exact) mass is 187 g/mol. The van der Waals surface area contributed by atoms with Crippen LogP contribution in [0.4, 0.5) is 13.2 Å². The van der Waals surface area contributed by atoms with E-state index in [0.717, 1.165) is 0 Å². The molecule has 0 aromatic carbocycles. The fourth-order valence-electron chi connectivity index (χ4n) is 0.230. The molecule has 3 nitrogen and oxygen atoms in total. The van der Waals surface area contributed by atoms with Crippen molar-refractivity contribution in [2.45, 2.75) is 12.7 Å². The molecule has 0 heterocycles. The number of carbonyl (C=O) groups is 1. The lowest BCUT2D eigenvalue weighted by Gasteiger charge is -2.09. The van der Waals surface area contributed by atoms with Crippen LogP contribution >= 0.6 is 0 Å². The third-order valence-electron chi connectivity index (χ3n) is 0.755. The predicted octanol–water partition coefficient (Wildman–Crippen LogP) is 0.856. The third-order valence-corrected chi connectivity index (χ3v) is 1.80. The van der Waals surface area contributed by atoms with Gasteiger partial charge in [0, 0.05) is 7.11 Å². The molecule has 11 heavy (non-hydrogen) atoms. The van der Waals surface area contributed by atoms with E-state index >= 15 is 0 Å². The van der Waals surface area contributed by atoms with Crippen LogP contribution in [0.2, 0.25) is 6.55 Å². The zero-order valence-electron chi connectivity index (χ0n) is 5.86. The van der Waals surface area contributed by atoms with E-state index in [1.54, 1.807) is 0 Å². The van der Waals surface area contributed by atoms with E-state index in [4.69, 9.17) is 0 Å². The van der Waals surface area contributed by atoms with Crippen LogP contribution < -0.4 is 0 Å². The van der Waals surface area contributed by atoms with E-state index in [0.29, 0.717) is 0 Å². The molecule has 0 amide bonds. The summed E-state index contributed by atoms with van der Waals surface area (Å²) in [6.45, 7) is 1.29. The number of alkyl halides is 3. The first-order valence-electron chi connectivity index (χ1n) is 2.54. The zero-order valence-corrected chi connectivity index (χ0v) is 6.86. The average Bonchev–Trinajstić information content (AvgIpc) is 1.85.